The molecule has 2 aromatic rings. The number of nitrogens with two attached hydrogens (primary N) is 1. The molecule has 3 rings (SSSR count). The zero-order valence-corrected chi connectivity index (χ0v) is 13.3. The van der Waals surface area contributed by atoms with Crippen molar-refractivity contribution in [3.63, 3.8) is 0 Å². The molecule has 5 nitrogen and oxygen atoms in total. The van der Waals surface area contributed by atoms with Crippen molar-refractivity contribution in [2.24, 2.45) is 0 Å². The van der Waals surface area contributed by atoms with Crippen molar-refractivity contribution < 1.29 is 9.13 Å². The molecule has 1 saturated heterocycles. The molecule has 1 fully saturated rings. The van der Waals surface area contributed by atoms with Gasteiger partial charge < -0.3 is 15.4 Å². The molecule has 7 heteroatoms. The summed E-state index contributed by atoms with van der Waals surface area (Å²) in [4.78, 5) is 10.2. The summed E-state index contributed by atoms with van der Waals surface area (Å²) in [6, 6.07) is 6.38. The lowest BCUT2D eigenvalue weighted by Crippen LogP contribution is -2.37. The van der Waals surface area contributed by atoms with Gasteiger partial charge in [-0.15, -0.1) is 0 Å². The van der Waals surface area contributed by atoms with E-state index in [1.807, 2.05) is 0 Å². The van der Waals surface area contributed by atoms with E-state index in [-0.39, 0.29) is 11.9 Å². The Morgan fingerprint density at radius 3 is 2.61 bits per heavy atom. The summed E-state index contributed by atoms with van der Waals surface area (Å²) in [6.45, 7) is 2.08. The number of anilines is 2. The number of ether oxygens (including phenoxy) is 1. The topological polar surface area (TPSA) is 64.3 Å². The largest absolute Gasteiger partial charge is 0.382 e. The lowest BCUT2D eigenvalue weighted by molar-refractivity contribution is 0.0250. The smallest absolute Gasteiger partial charge is 0.153 e. The lowest BCUT2D eigenvalue weighted by atomic mass is 10.1. The second-order valence-electron chi connectivity index (χ2n) is 5.52. The van der Waals surface area contributed by atoms with Crippen molar-refractivity contribution in [1.82, 2.24) is 9.97 Å². The molecule has 0 aliphatic carbocycles. The molecule has 0 atom stereocenters. The molecule has 0 amide bonds. The highest BCUT2D eigenvalue weighted by Gasteiger charge is 2.23. The minimum absolute atomic E-state index is 0.175. The second-order valence-corrected chi connectivity index (χ2v) is 5.90. The maximum Gasteiger partial charge on any atom is 0.153 e. The Hall–Kier alpha value is -1.92. The number of nitrogen functional groups attached to an aromatic ring is 1. The van der Waals surface area contributed by atoms with Crippen LogP contribution in [0.3, 0.4) is 0 Å². The number of rotatable bonds is 4. The van der Waals surface area contributed by atoms with Crippen LogP contribution in [-0.2, 0) is 11.3 Å². The Morgan fingerprint density at radius 1 is 1.22 bits per heavy atom. The van der Waals surface area contributed by atoms with Crippen molar-refractivity contribution in [1.29, 1.82) is 0 Å². The first kappa shape index (κ1) is 16.0. The first-order valence-electron chi connectivity index (χ1n) is 7.50. The van der Waals surface area contributed by atoms with E-state index in [0.717, 1.165) is 31.5 Å². The van der Waals surface area contributed by atoms with Crippen molar-refractivity contribution >= 4 is 23.2 Å². The van der Waals surface area contributed by atoms with Crippen LogP contribution in [0.1, 0.15) is 18.4 Å². The molecule has 122 valence electrons. The van der Waals surface area contributed by atoms with Crippen LogP contribution >= 0.6 is 11.6 Å². The molecule has 2 heterocycles. The summed E-state index contributed by atoms with van der Waals surface area (Å²) in [7, 11) is 0. The van der Waals surface area contributed by atoms with Gasteiger partial charge in [-0.3, -0.25) is 0 Å². The van der Waals surface area contributed by atoms with Crippen LogP contribution in [0, 0.1) is 5.82 Å². The molecule has 0 spiro atoms. The first-order chi connectivity index (χ1) is 11.1. The van der Waals surface area contributed by atoms with E-state index in [9.17, 15) is 4.39 Å². The zero-order chi connectivity index (χ0) is 16.2. The summed E-state index contributed by atoms with van der Waals surface area (Å²) < 4.78 is 18.8. The molecule has 0 unspecified atom stereocenters. The van der Waals surface area contributed by atoms with Gasteiger partial charge in [-0.05, 0) is 30.5 Å². The van der Waals surface area contributed by atoms with Gasteiger partial charge >= 0.3 is 0 Å². The van der Waals surface area contributed by atoms with Crippen LogP contribution in [0.15, 0.2) is 30.6 Å². The quantitative estimate of drug-likeness (QED) is 0.929. The van der Waals surface area contributed by atoms with Gasteiger partial charge in [0.1, 0.15) is 23.0 Å². The summed E-state index contributed by atoms with van der Waals surface area (Å²) in [5.41, 5.74) is 6.69. The molecule has 0 bridgehead atoms. The Balaban J connectivity index is 1.52. The highest BCUT2D eigenvalue weighted by Crippen LogP contribution is 2.29. The van der Waals surface area contributed by atoms with Crippen LogP contribution in [0.4, 0.5) is 16.0 Å². The van der Waals surface area contributed by atoms with Crippen molar-refractivity contribution in [2.75, 3.05) is 23.7 Å². The lowest BCUT2D eigenvalue weighted by Gasteiger charge is -2.33. The van der Waals surface area contributed by atoms with Crippen LogP contribution in [-0.4, -0.2) is 29.2 Å². The molecule has 1 aromatic heterocycles. The number of aromatic nitrogens is 2. The molecule has 0 radical (unpaired) electrons. The Morgan fingerprint density at radius 2 is 1.91 bits per heavy atom. The van der Waals surface area contributed by atoms with Gasteiger partial charge in [0.2, 0.25) is 0 Å². The van der Waals surface area contributed by atoms with Crippen LogP contribution < -0.4 is 10.6 Å². The van der Waals surface area contributed by atoms with E-state index >= 15 is 0 Å². The summed E-state index contributed by atoms with van der Waals surface area (Å²) in [5.74, 6) is 0.741. The monoisotopic (exact) mass is 336 g/mol. The number of halogens is 2. The van der Waals surface area contributed by atoms with Gasteiger partial charge in [-0.1, -0.05) is 23.7 Å². The summed E-state index contributed by atoms with van der Waals surface area (Å²) >= 11 is 6.16. The molecular weight excluding hydrogens is 319 g/mol. The normalized spacial score (nSPS) is 15.8. The molecule has 1 aliphatic rings. The van der Waals surface area contributed by atoms with E-state index in [4.69, 9.17) is 22.1 Å². The van der Waals surface area contributed by atoms with E-state index in [1.165, 1.54) is 18.5 Å². The number of hydrogen-bond donors (Lipinski definition) is 1. The third-order valence-electron chi connectivity index (χ3n) is 3.94. The van der Waals surface area contributed by atoms with Crippen molar-refractivity contribution in [3.05, 3.63) is 47.0 Å². The summed E-state index contributed by atoms with van der Waals surface area (Å²) in [5, 5.41) is 0.401. The number of nitrogens with zero attached hydrogens (tertiary/aromatic N) is 3. The number of hydrogen-bond acceptors (Lipinski definition) is 5. The fraction of sp³-hybridized carbons (Fsp3) is 0.375. The molecular formula is C16H18ClFN4O. The number of piperidine rings is 1. The average molecular weight is 337 g/mol. The minimum atomic E-state index is -0.233. The van der Waals surface area contributed by atoms with Crippen molar-refractivity contribution in [3.8, 4) is 0 Å². The average Bonchev–Trinajstić information content (AvgIpc) is 2.57. The van der Waals surface area contributed by atoms with E-state index < -0.39 is 0 Å². The van der Waals surface area contributed by atoms with E-state index in [1.54, 1.807) is 12.1 Å². The van der Waals surface area contributed by atoms with Crippen molar-refractivity contribution in [2.45, 2.75) is 25.6 Å². The Bertz CT molecular complexity index is 660. The molecule has 1 aliphatic heterocycles. The fourth-order valence-electron chi connectivity index (χ4n) is 2.62. The van der Waals surface area contributed by atoms with Gasteiger partial charge in [0, 0.05) is 13.1 Å². The van der Waals surface area contributed by atoms with Gasteiger partial charge in [0.25, 0.3) is 0 Å². The first-order valence-corrected chi connectivity index (χ1v) is 7.88. The molecule has 23 heavy (non-hydrogen) atoms. The molecule has 2 N–H and O–H groups in total. The summed E-state index contributed by atoms with van der Waals surface area (Å²) in [6.07, 6.45) is 3.35. The van der Waals surface area contributed by atoms with Gasteiger partial charge in [-0.2, -0.15) is 0 Å². The standard InChI is InChI=1S/C16H18ClFN4O/c17-14-15(19)20-10-21-16(14)22-7-5-13(6-8-22)23-9-11-1-3-12(18)4-2-11/h1-4,10,13H,5-9H2,(H2,19,20,21). The van der Waals surface area contributed by atoms with Gasteiger partial charge in [-0.25, -0.2) is 14.4 Å². The SMILES string of the molecule is Nc1ncnc(N2CCC(OCc3ccc(F)cc3)CC2)c1Cl. The van der Waals surface area contributed by atoms with Crippen LogP contribution in [0.2, 0.25) is 5.02 Å². The fourth-order valence-corrected chi connectivity index (χ4v) is 2.84. The Kier molecular flexibility index (Phi) is 4.93. The molecule has 0 saturated carbocycles. The van der Waals surface area contributed by atoms with Crippen LogP contribution in [0.25, 0.3) is 0 Å². The predicted octanol–water partition coefficient (Wildman–Crippen LogP) is 3.04. The third kappa shape index (κ3) is 3.89. The van der Waals surface area contributed by atoms with Gasteiger partial charge in [0.15, 0.2) is 5.82 Å². The van der Waals surface area contributed by atoms with E-state index in [2.05, 4.69) is 14.9 Å². The van der Waals surface area contributed by atoms with E-state index in [0.29, 0.717) is 23.3 Å². The second kappa shape index (κ2) is 7.10. The highest BCUT2D eigenvalue weighted by atomic mass is 35.5. The maximum absolute atomic E-state index is 12.9. The minimum Gasteiger partial charge on any atom is -0.382 e. The maximum atomic E-state index is 12.9. The van der Waals surface area contributed by atoms with Crippen LogP contribution in [0.5, 0.6) is 0 Å². The molecule has 1 aromatic carbocycles. The number of benzene rings is 1. The Labute approximate surface area is 139 Å². The third-order valence-corrected chi connectivity index (χ3v) is 4.30. The zero-order valence-electron chi connectivity index (χ0n) is 12.6. The highest BCUT2D eigenvalue weighted by molar-refractivity contribution is 6.35. The van der Waals surface area contributed by atoms with Gasteiger partial charge in [0.05, 0.1) is 12.7 Å². The predicted molar refractivity (Wildman–Crippen MR) is 87.9 cm³/mol.